The summed E-state index contributed by atoms with van der Waals surface area (Å²) in [5.74, 6) is -0.687. The van der Waals surface area contributed by atoms with Crippen LogP contribution in [-0.4, -0.2) is 30.3 Å². The van der Waals surface area contributed by atoms with Crippen molar-refractivity contribution in [1.29, 1.82) is 0 Å². The fourth-order valence-electron chi connectivity index (χ4n) is 2.10. The SMILES string of the molecule is [CH2][C@](CC)(c1ccccc1)N(C)C(=O)OC(C)OC(=O)C(C)C. The van der Waals surface area contributed by atoms with E-state index in [1.807, 2.05) is 37.3 Å². The van der Waals surface area contributed by atoms with E-state index < -0.39 is 23.9 Å². The molecule has 0 aliphatic carbocycles. The predicted octanol–water partition coefficient (Wildman–Crippen LogP) is 3.74. The van der Waals surface area contributed by atoms with E-state index >= 15 is 0 Å². The number of rotatable bonds is 6. The van der Waals surface area contributed by atoms with Crippen molar-refractivity contribution >= 4 is 12.1 Å². The normalized spacial score (nSPS) is 14.7. The lowest BCUT2D eigenvalue weighted by molar-refractivity contribution is -0.170. The number of hydrogen-bond donors (Lipinski definition) is 0. The van der Waals surface area contributed by atoms with Gasteiger partial charge in [-0.2, -0.15) is 0 Å². The zero-order valence-electron chi connectivity index (χ0n) is 14.5. The lowest BCUT2D eigenvalue weighted by atomic mass is 9.88. The Kier molecular flexibility index (Phi) is 6.61. The molecule has 1 aromatic rings. The Balaban J connectivity index is 2.80. The van der Waals surface area contributed by atoms with E-state index in [9.17, 15) is 9.59 Å². The molecule has 23 heavy (non-hydrogen) atoms. The van der Waals surface area contributed by atoms with Gasteiger partial charge in [0.1, 0.15) is 0 Å². The molecule has 0 bridgehead atoms. The Bertz CT molecular complexity index is 529. The molecule has 0 spiro atoms. The third kappa shape index (κ3) is 4.71. The van der Waals surface area contributed by atoms with Gasteiger partial charge in [-0.25, -0.2) is 4.79 Å². The molecule has 0 aliphatic heterocycles. The third-order valence-corrected chi connectivity index (χ3v) is 3.83. The zero-order valence-corrected chi connectivity index (χ0v) is 14.5. The quantitative estimate of drug-likeness (QED) is 0.592. The van der Waals surface area contributed by atoms with Crippen LogP contribution in [-0.2, 0) is 19.8 Å². The monoisotopic (exact) mass is 320 g/mol. The first-order chi connectivity index (χ1) is 10.7. The van der Waals surface area contributed by atoms with E-state index in [0.29, 0.717) is 6.42 Å². The summed E-state index contributed by atoms with van der Waals surface area (Å²) in [7, 11) is 1.63. The van der Waals surface area contributed by atoms with Crippen LogP contribution in [0.25, 0.3) is 0 Å². The van der Waals surface area contributed by atoms with Crippen molar-refractivity contribution in [3.05, 3.63) is 42.8 Å². The topological polar surface area (TPSA) is 55.8 Å². The summed E-state index contributed by atoms with van der Waals surface area (Å²) in [4.78, 5) is 25.3. The van der Waals surface area contributed by atoms with Crippen molar-refractivity contribution < 1.29 is 19.1 Å². The van der Waals surface area contributed by atoms with E-state index in [1.165, 1.54) is 11.8 Å². The number of benzene rings is 1. The maximum absolute atomic E-state index is 12.4. The fourth-order valence-corrected chi connectivity index (χ4v) is 2.10. The lowest BCUT2D eigenvalue weighted by Crippen LogP contribution is -2.46. The van der Waals surface area contributed by atoms with Gasteiger partial charge in [0.2, 0.25) is 6.29 Å². The van der Waals surface area contributed by atoms with E-state index in [-0.39, 0.29) is 5.92 Å². The van der Waals surface area contributed by atoms with Gasteiger partial charge in [-0.1, -0.05) is 51.1 Å². The standard InChI is InChI=1S/C18H26NO4/c1-7-18(5,15-11-9-8-10-12-15)19(6)17(21)23-14(4)22-16(20)13(2)3/h8-14H,5,7H2,1-4,6H3/t14?,18-/m0/s1. The summed E-state index contributed by atoms with van der Waals surface area (Å²) in [6, 6.07) is 9.55. The van der Waals surface area contributed by atoms with Crippen molar-refractivity contribution in [1.82, 2.24) is 4.90 Å². The van der Waals surface area contributed by atoms with Crippen molar-refractivity contribution in [2.45, 2.75) is 45.9 Å². The molecule has 0 N–H and O–H groups in total. The highest BCUT2D eigenvalue weighted by molar-refractivity contribution is 5.72. The first-order valence-electron chi connectivity index (χ1n) is 7.78. The Morgan fingerprint density at radius 1 is 1.17 bits per heavy atom. The van der Waals surface area contributed by atoms with Crippen LogP contribution in [0.2, 0.25) is 0 Å². The zero-order chi connectivity index (χ0) is 17.6. The fraction of sp³-hybridized carbons (Fsp3) is 0.500. The summed E-state index contributed by atoms with van der Waals surface area (Å²) < 4.78 is 10.3. The van der Waals surface area contributed by atoms with E-state index in [2.05, 4.69) is 6.92 Å². The first kappa shape index (κ1) is 19.0. The van der Waals surface area contributed by atoms with Gasteiger partial charge in [0.15, 0.2) is 0 Å². The molecule has 0 saturated carbocycles. The van der Waals surface area contributed by atoms with Crippen molar-refractivity contribution in [2.75, 3.05) is 7.05 Å². The summed E-state index contributed by atoms with van der Waals surface area (Å²) in [5.41, 5.74) is 0.161. The first-order valence-corrected chi connectivity index (χ1v) is 7.78. The maximum Gasteiger partial charge on any atom is 0.413 e. The van der Waals surface area contributed by atoms with Gasteiger partial charge < -0.3 is 14.4 Å². The molecule has 1 rings (SSSR count). The molecule has 0 aromatic heterocycles. The Hall–Kier alpha value is -2.04. The van der Waals surface area contributed by atoms with Gasteiger partial charge >= 0.3 is 12.1 Å². The third-order valence-electron chi connectivity index (χ3n) is 3.83. The Morgan fingerprint density at radius 3 is 2.22 bits per heavy atom. The maximum atomic E-state index is 12.4. The number of carbonyl (C=O) groups excluding carboxylic acids is 2. The Morgan fingerprint density at radius 2 is 1.74 bits per heavy atom. The van der Waals surface area contributed by atoms with Gasteiger partial charge in [0.25, 0.3) is 0 Å². The molecular formula is C18H26NO4. The molecule has 1 unspecified atom stereocenters. The second kappa shape index (κ2) is 7.99. The van der Waals surface area contributed by atoms with Gasteiger partial charge in [-0.05, 0) is 18.9 Å². The molecule has 1 aromatic carbocycles. The summed E-state index contributed by atoms with van der Waals surface area (Å²) in [6.45, 7) is 11.1. The summed E-state index contributed by atoms with van der Waals surface area (Å²) in [5, 5.41) is 0. The molecule has 1 radical (unpaired) electrons. The predicted molar refractivity (Wildman–Crippen MR) is 88.4 cm³/mol. The molecule has 5 heteroatoms. The van der Waals surface area contributed by atoms with Gasteiger partial charge in [0, 0.05) is 14.0 Å². The second-order valence-electron chi connectivity index (χ2n) is 5.85. The highest BCUT2D eigenvalue weighted by Gasteiger charge is 2.34. The minimum atomic E-state index is -0.947. The van der Waals surface area contributed by atoms with Crippen LogP contribution in [0.15, 0.2) is 30.3 Å². The molecule has 1 amide bonds. The lowest BCUT2D eigenvalue weighted by Gasteiger charge is -2.38. The number of amides is 1. The number of carbonyl (C=O) groups is 2. The molecule has 0 saturated heterocycles. The smallest absolute Gasteiger partial charge is 0.413 e. The van der Waals surface area contributed by atoms with Crippen LogP contribution in [0.3, 0.4) is 0 Å². The van der Waals surface area contributed by atoms with E-state index in [0.717, 1.165) is 5.56 Å². The highest BCUT2D eigenvalue weighted by atomic mass is 16.7. The van der Waals surface area contributed by atoms with Crippen LogP contribution in [0, 0.1) is 12.8 Å². The van der Waals surface area contributed by atoms with Gasteiger partial charge in [-0.15, -0.1) is 0 Å². The van der Waals surface area contributed by atoms with E-state index in [4.69, 9.17) is 9.47 Å². The van der Waals surface area contributed by atoms with Crippen LogP contribution in [0.4, 0.5) is 4.79 Å². The summed E-state index contributed by atoms with van der Waals surface area (Å²) >= 11 is 0. The molecule has 5 nitrogen and oxygen atoms in total. The van der Waals surface area contributed by atoms with Gasteiger partial charge in [0.05, 0.1) is 11.5 Å². The number of ether oxygens (including phenoxy) is 2. The highest BCUT2D eigenvalue weighted by Crippen LogP contribution is 2.30. The van der Waals surface area contributed by atoms with Gasteiger partial charge in [-0.3, -0.25) is 4.79 Å². The number of esters is 1. The van der Waals surface area contributed by atoms with Crippen LogP contribution >= 0.6 is 0 Å². The Labute approximate surface area is 138 Å². The molecule has 127 valence electrons. The minimum Gasteiger partial charge on any atom is -0.425 e. The molecule has 0 fully saturated rings. The average Bonchev–Trinajstić information content (AvgIpc) is 2.53. The molecule has 0 aliphatic rings. The molecule has 2 atom stereocenters. The van der Waals surface area contributed by atoms with Crippen LogP contribution in [0.1, 0.15) is 39.7 Å². The summed E-state index contributed by atoms with van der Waals surface area (Å²) in [6.07, 6.45) is -0.922. The average molecular weight is 320 g/mol. The molecular weight excluding hydrogens is 294 g/mol. The van der Waals surface area contributed by atoms with Crippen LogP contribution < -0.4 is 0 Å². The second-order valence-corrected chi connectivity index (χ2v) is 5.85. The van der Waals surface area contributed by atoms with Crippen molar-refractivity contribution in [3.8, 4) is 0 Å². The van der Waals surface area contributed by atoms with Crippen molar-refractivity contribution in [3.63, 3.8) is 0 Å². The number of nitrogens with zero attached hydrogens (tertiary/aromatic N) is 1. The van der Waals surface area contributed by atoms with E-state index in [1.54, 1.807) is 20.9 Å². The van der Waals surface area contributed by atoms with Crippen molar-refractivity contribution in [2.24, 2.45) is 5.92 Å². The molecule has 0 heterocycles. The van der Waals surface area contributed by atoms with Crippen LogP contribution in [0.5, 0.6) is 0 Å². The largest absolute Gasteiger partial charge is 0.425 e. The number of hydrogen-bond acceptors (Lipinski definition) is 4. The minimum absolute atomic E-state index is 0.277.